The molecule has 4 nitrogen and oxygen atoms in total. The topological polar surface area (TPSA) is 36.4 Å². The third-order valence-corrected chi connectivity index (χ3v) is 4.97. The van der Waals surface area contributed by atoms with E-state index < -0.39 is 5.82 Å². The maximum absolute atomic E-state index is 14.0. The highest BCUT2D eigenvalue weighted by molar-refractivity contribution is 7.22. The Balaban J connectivity index is 1.88. The zero-order chi connectivity index (χ0) is 18.7. The molecule has 1 heterocycles. The number of likely N-dealkylation sites (N-methyl/N-ethyl adjacent to an activating group) is 1. The molecule has 0 spiro atoms. The minimum atomic E-state index is -0.399. The summed E-state index contributed by atoms with van der Waals surface area (Å²) in [5, 5.41) is 0.471. The van der Waals surface area contributed by atoms with Crippen molar-refractivity contribution in [3.05, 3.63) is 59.7 Å². The van der Waals surface area contributed by atoms with Crippen molar-refractivity contribution in [2.75, 3.05) is 32.1 Å². The summed E-state index contributed by atoms with van der Waals surface area (Å²) in [6, 6.07) is 10.6. The van der Waals surface area contributed by atoms with Crippen LogP contribution < -0.4 is 4.90 Å². The van der Waals surface area contributed by atoms with Crippen molar-refractivity contribution < 1.29 is 13.6 Å². The summed E-state index contributed by atoms with van der Waals surface area (Å²) in [5.41, 5.74) is 0.996. The zero-order valence-electron chi connectivity index (χ0n) is 14.6. The highest BCUT2D eigenvalue weighted by Crippen LogP contribution is 2.30. The van der Waals surface area contributed by atoms with Crippen molar-refractivity contribution in [2.24, 2.45) is 0 Å². The lowest BCUT2D eigenvalue weighted by atomic mass is 10.1. The highest BCUT2D eigenvalue weighted by atomic mass is 32.1. The van der Waals surface area contributed by atoms with Crippen LogP contribution >= 0.6 is 11.3 Å². The molecule has 0 aliphatic carbocycles. The molecule has 0 aliphatic heterocycles. The van der Waals surface area contributed by atoms with Gasteiger partial charge in [-0.15, -0.1) is 0 Å². The molecule has 0 fully saturated rings. The Morgan fingerprint density at radius 1 is 1.08 bits per heavy atom. The first kappa shape index (κ1) is 18.4. The van der Waals surface area contributed by atoms with Crippen molar-refractivity contribution in [2.45, 2.75) is 6.42 Å². The fourth-order valence-corrected chi connectivity index (χ4v) is 3.54. The van der Waals surface area contributed by atoms with Gasteiger partial charge in [-0.25, -0.2) is 13.8 Å². The van der Waals surface area contributed by atoms with Crippen LogP contribution in [0, 0.1) is 11.6 Å². The molecule has 0 aliphatic rings. The van der Waals surface area contributed by atoms with E-state index in [1.54, 1.807) is 29.2 Å². The number of para-hydroxylation sites is 1. The second-order valence-electron chi connectivity index (χ2n) is 6.23. The maximum atomic E-state index is 14.0. The maximum Gasteiger partial charge on any atom is 0.233 e. The Hall–Kier alpha value is -2.38. The van der Waals surface area contributed by atoms with Gasteiger partial charge in [-0.1, -0.05) is 29.5 Å². The van der Waals surface area contributed by atoms with E-state index in [0.717, 1.165) is 5.56 Å². The van der Waals surface area contributed by atoms with Crippen molar-refractivity contribution in [1.29, 1.82) is 0 Å². The molecular weight excluding hydrogens is 356 g/mol. The van der Waals surface area contributed by atoms with E-state index in [1.165, 1.54) is 29.5 Å². The van der Waals surface area contributed by atoms with Crippen LogP contribution in [-0.2, 0) is 11.2 Å². The number of carbonyl (C=O) groups excluding carboxylic acids is 1. The van der Waals surface area contributed by atoms with E-state index in [0.29, 0.717) is 22.9 Å². The molecule has 0 radical (unpaired) electrons. The predicted molar refractivity (Wildman–Crippen MR) is 101 cm³/mol. The molecule has 2 aromatic carbocycles. The second kappa shape index (κ2) is 7.88. The van der Waals surface area contributed by atoms with Crippen LogP contribution in [0.4, 0.5) is 13.9 Å². The molecule has 0 saturated heterocycles. The third-order valence-electron chi connectivity index (χ3n) is 3.93. The van der Waals surface area contributed by atoms with Crippen LogP contribution in [0.5, 0.6) is 0 Å². The van der Waals surface area contributed by atoms with Crippen LogP contribution in [0.2, 0.25) is 0 Å². The molecule has 0 saturated carbocycles. The first-order valence-corrected chi connectivity index (χ1v) is 9.00. The Labute approximate surface area is 154 Å². The molecular formula is C19H19F2N3OS. The summed E-state index contributed by atoms with van der Waals surface area (Å²) >= 11 is 1.29. The highest BCUT2D eigenvalue weighted by Gasteiger charge is 2.21. The Bertz CT molecular complexity index is 909. The summed E-state index contributed by atoms with van der Waals surface area (Å²) in [6.45, 7) is 1.09. The number of hydrogen-bond donors (Lipinski definition) is 0. The lowest BCUT2D eigenvalue weighted by Crippen LogP contribution is -2.37. The van der Waals surface area contributed by atoms with Crippen LogP contribution in [0.15, 0.2) is 42.5 Å². The van der Waals surface area contributed by atoms with Crippen LogP contribution in [0.25, 0.3) is 10.2 Å². The van der Waals surface area contributed by atoms with Gasteiger partial charge < -0.3 is 4.90 Å². The molecule has 0 unspecified atom stereocenters. The zero-order valence-corrected chi connectivity index (χ0v) is 15.4. The van der Waals surface area contributed by atoms with E-state index in [4.69, 9.17) is 0 Å². The normalized spacial score (nSPS) is 11.3. The first-order chi connectivity index (χ1) is 12.4. The second-order valence-corrected chi connectivity index (χ2v) is 7.24. The summed E-state index contributed by atoms with van der Waals surface area (Å²) in [5.74, 6) is -0.895. The van der Waals surface area contributed by atoms with Gasteiger partial charge in [0.15, 0.2) is 5.13 Å². The largest absolute Gasteiger partial charge is 0.308 e. The van der Waals surface area contributed by atoms with Gasteiger partial charge in [-0.3, -0.25) is 9.69 Å². The van der Waals surface area contributed by atoms with Gasteiger partial charge >= 0.3 is 0 Å². The quantitative estimate of drug-likeness (QED) is 0.659. The van der Waals surface area contributed by atoms with Crippen molar-refractivity contribution in [1.82, 2.24) is 9.88 Å². The standard InChI is InChI=1S/C19H19F2N3OS/c1-23(2)10-11-24(17(25)12-13-6-8-14(20)9-7-13)19-22-18-15(21)4-3-5-16(18)26-19/h3-9H,10-12H2,1-2H3. The Morgan fingerprint density at radius 3 is 2.46 bits per heavy atom. The van der Waals surface area contributed by atoms with E-state index in [-0.39, 0.29) is 23.7 Å². The van der Waals surface area contributed by atoms with Gasteiger partial charge in [0.05, 0.1) is 11.1 Å². The number of rotatable bonds is 6. The molecule has 26 heavy (non-hydrogen) atoms. The summed E-state index contributed by atoms with van der Waals surface area (Å²) in [7, 11) is 3.83. The molecule has 1 amide bonds. The summed E-state index contributed by atoms with van der Waals surface area (Å²) in [4.78, 5) is 20.7. The smallest absolute Gasteiger partial charge is 0.233 e. The lowest BCUT2D eigenvalue weighted by molar-refractivity contribution is -0.118. The van der Waals surface area contributed by atoms with Crippen LogP contribution in [0.3, 0.4) is 0 Å². The number of hydrogen-bond acceptors (Lipinski definition) is 4. The van der Waals surface area contributed by atoms with E-state index in [1.807, 2.05) is 19.0 Å². The summed E-state index contributed by atoms with van der Waals surface area (Å²) in [6.07, 6.45) is 0.131. The number of fused-ring (bicyclic) bond motifs is 1. The van der Waals surface area contributed by atoms with Crippen molar-refractivity contribution >= 4 is 32.6 Å². The number of benzene rings is 2. The molecule has 136 valence electrons. The average Bonchev–Trinajstić information content (AvgIpc) is 3.02. The van der Waals surface area contributed by atoms with Crippen molar-refractivity contribution in [3.8, 4) is 0 Å². The molecule has 0 atom stereocenters. The van der Waals surface area contributed by atoms with E-state index in [2.05, 4.69) is 4.98 Å². The fourth-order valence-electron chi connectivity index (χ4n) is 2.52. The van der Waals surface area contributed by atoms with Gasteiger partial charge in [0, 0.05) is 13.1 Å². The van der Waals surface area contributed by atoms with E-state index >= 15 is 0 Å². The minimum Gasteiger partial charge on any atom is -0.308 e. The average molecular weight is 375 g/mol. The van der Waals surface area contributed by atoms with Gasteiger partial charge in [0.2, 0.25) is 5.91 Å². The third kappa shape index (κ3) is 4.23. The summed E-state index contributed by atoms with van der Waals surface area (Å²) < 4.78 is 27.7. The van der Waals surface area contributed by atoms with Crippen LogP contribution in [0.1, 0.15) is 5.56 Å². The number of nitrogens with zero attached hydrogens (tertiary/aromatic N) is 3. The molecule has 0 bridgehead atoms. The Morgan fingerprint density at radius 2 is 1.81 bits per heavy atom. The SMILES string of the molecule is CN(C)CCN(C(=O)Cc1ccc(F)cc1)c1nc2c(F)cccc2s1. The number of anilines is 1. The molecule has 0 N–H and O–H groups in total. The number of amides is 1. The van der Waals surface area contributed by atoms with Crippen LogP contribution in [-0.4, -0.2) is 43.0 Å². The van der Waals surface area contributed by atoms with Crippen molar-refractivity contribution in [3.63, 3.8) is 0 Å². The Kier molecular flexibility index (Phi) is 5.58. The number of halogens is 2. The molecule has 3 aromatic rings. The van der Waals surface area contributed by atoms with Gasteiger partial charge in [-0.05, 0) is 43.9 Å². The van der Waals surface area contributed by atoms with Gasteiger partial charge in [0.25, 0.3) is 0 Å². The lowest BCUT2D eigenvalue weighted by Gasteiger charge is -2.22. The fraction of sp³-hybridized carbons (Fsp3) is 0.263. The monoisotopic (exact) mass is 375 g/mol. The predicted octanol–water partition coefficient (Wildman–Crippen LogP) is 3.71. The number of thiazole rings is 1. The van der Waals surface area contributed by atoms with Gasteiger partial charge in [0.1, 0.15) is 17.2 Å². The molecule has 1 aromatic heterocycles. The number of carbonyl (C=O) groups is 1. The number of aromatic nitrogens is 1. The minimum absolute atomic E-state index is 0.131. The first-order valence-electron chi connectivity index (χ1n) is 8.18. The molecule has 7 heteroatoms. The molecule has 3 rings (SSSR count). The van der Waals surface area contributed by atoms with Gasteiger partial charge in [-0.2, -0.15) is 0 Å². The van der Waals surface area contributed by atoms with E-state index in [9.17, 15) is 13.6 Å².